The van der Waals surface area contributed by atoms with Gasteiger partial charge in [0.25, 0.3) is 0 Å². The third kappa shape index (κ3) is 5.07. The molecule has 0 amide bonds. The smallest absolute Gasteiger partial charge is 0.338 e. The summed E-state index contributed by atoms with van der Waals surface area (Å²) >= 11 is 0. The summed E-state index contributed by atoms with van der Waals surface area (Å²) in [6, 6.07) is 7.85. The third-order valence-corrected chi connectivity index (χ3v) is 10.0. The minimum absolute atomic E-state index is 0.00705. The molecule has 0 aliphatic heterocycles. The summed E-state index contributed by atoms with van der Waals surface area (Å²) in [4.78, 5) is 37.8. The Labute approximate surface area is 249 Å². The molecule has 238 valence electrons. The minimum atomic E-state index is -2.47. The topological polar surface area (TPSA) is 200 Å². The number of carbonyl (C=O) groups is 3. The second-order valence-corrected chi connectivity index (χ2v) is 12.9. The average molecular weight is 607 g/mol. The van der Waals surface area contributed by atoms with Crippen LogP contribution in [0.15, 0.2) is 41.5 Å². The van der Waals surface area contributed by atoms with Crippen LogP contribution in [0.5, 0.6) is 0 Å². The third-order valence-electron chi connectivity index (χ3n) is 10.0. The molecule has 3 aliphatic carbocycles. The monoisotopic (exact) mass is 606 g/mol. The predicted molar refractivity (Wildman–Crippen MR) is 149 cm³/mol. The van der Waals surface area contributed by atoms with Gasteiger partial charge in [0.1, 0.15) is 30.5 Å². The molecule has 0 saturated heterocycles. The molecule has 1 aromatic rings. The van der Waals surface area contributed by atoms with Gasteiger partial charge >= 0.3 is 17.9 Å². The van der Waals surface area contributed by atoms with E-state index in [0.29, 0.717) is 0 Å². The Hall–Kier alpha value is -2.87. The summed E-state index contributed by atoms with van der Waals surface area (Å²) < 4.78 is 16.8. The van der Waals surface area contributed by atoms with Gasteiger partial charge in [0, 0.05) is 26.2 Å². The lowest BCUT2D eigenvalue weighted by Gasteiger charge is -2.60. The highest BCUT2D eigenvalue weighted by Gasteiger charge is 2.75. The fraction of sp³-hybridized carbons (Fsp3) is 0.645. The number of hydrogen-bond acceptors (Lipinski definition) is 12. The lowest BCUT2D eigenvalue weighted by atomic mass is 9.51. The summed E-state index contributed by atoms with van der Waals surface area (Å²) in [5.74, 6) is -4.16. The van der Waals surface area contributed by atoms with Crippen molar-refractivity contribution in [1.82, 2.24) is 0 Å². The minimum Gasteiger partial charge on any atom is -0.463 e. The van der Waals surface area contributed by atoms with Crippen LogP contribution in [0.25, 0.3) is 0 Å². The Morgan fingerprint density at radius 1 is 1.00 bits per heavy atom. The van der Waals surface area contributed by atoms with Crippen LogP contribution in [-0.4, -0.2) is 103 Å². The van der Waals surface area contributed by atoms with Crippen LogP contribution in [-0.2, 0) is 23.8 Å². The number of rotatable bonds is 6. The van der Waals surface area contributed by atoms with E-state index < -0.39 is 95.5 Å². The number of benzene rings is 1. The number of carbonyl (C=O) groups excluding carboxylic acids is 3. The van der Waals surface area contributed by atoms with E-state index in [2.05, 4.69) is 0 Å². The number of aliphatic hydroxyl groups is 6. The molecule has 0 spiro atoms. The molecular weight excluding hydrogens is 564 g/mol. The lowest BCUT2D eigenvalue weighted by molar-refractivity contribution is -0.288. The van der Waals surface area contributed by atoms with Gasteiger partial charge in [0.15, 0.2) is 0 Å². The lowest BCUT2D eigenvalue weighted by Crippen LogP contribution is -2.73. The molecule has 6 N–H and O–H groups in total. The van der Waals surface area contributed by atoms with Crippen molar-refractivity contribution in [2.75, 3.05) is 6.61 Å². The highest BCUT2D eigenvalue weighted by atomic mass is 16.6. The zero-order chi connectivity index (χ0) is 32.3. The van der Waals surface area contributed by atoms with Crippen LogP contribution < -0.4 is 0 Å². The van der Waals surface area contributed by atoms with E-state index in [4.69, 9.17) is 14.2 Å². The van der Waals surface area contributed by atoms with Crippen molar-refractivity contribution < 1.29 is 59.2 Å². The molecule has 10 atom stereocenters. The van der Waals surface area contributed by atoms with Crippen molar-refractivity contribution in [1.29, 1.82) is 0 Å². The molecule has 12 heteroatoms. The van der Waals surface area contributed by atoms with Crippen LogP contribution in [0.2, 0.25) is 0 Å². The summed E-state index contributed by atoms with van der Waals surface area (Å²) in [7, 11) is 0. The maximum Gasteiger partial charge on any atom is 0.338 e. The van der Waals surface area contributed by atoms with Gasteiger partial charge in [-0.15, -0.1) is 0 Å². The van der Waals surface area contributed by atoms with Crippen molar-refractivity contribution in [2.45, 2.75) is 102 Å². The van der Waals surface area contributed by atoms with Gasteiger partial charge in [-0.25, -0.2) is 4.79 Å². The molecule has 0 heterocycles. The zero-order valence-corrected chi connectivity index (χ0v) is 25.2. The van der Waals surface area contributed by atoms with Crippen molar-refractivity contribution in [3.8, 4) is 0 Å². The quantitative estimate of drug-likeness (QED) is 0.148. The fourth-order valence-corrected chi connectivity index (χ4v) is 7.90. The SMILES string of the molecule is CC(=O)OCC1(O)C(O)CC(OC(C)=O)C2(C)C(OC(=O)c3ccccc3)C(O)C3=C(C)C(O)CC3(C(C)(C)O)C(O)C12. The molecule has 3 aliphatic rings. The van der Waals surface area contributed by atoms with Crippen LogP contribution in [0.4, 0.5) is 0 Å². The highest BCUT2D eigenvalue weighted by molar-refractivity contribution is 5.89. The molecule has 43 heavy (non-hydrogen) atoms. The van der Waals surface area contributed by atoms with Gasteiger partial charge in [0.2, 0.25) is 0 Å². The van der Waals surface area contributed by atoms with Crippen molar-refractivity contribution in [3.05, 3.63) is 47.0 Å². The Bertz CT molecular complexity index is 1290. The Kier molecular flexibility index (Phi) is 8.64. The first-order chi connectivity index (χ1) is 19.8. The molecule has 0 bridgehead atoms. The number of esters is 3. The zero-order valence-electron chi connectivity index (χ0n) is 25.2. The number of hydrogen-bond donors (Lipinski definition) is 6. The van der Waals surface area contributed by atoms with E-state index in [-0.39, 0.29) is 23.1 Å². The first-order valence-corrected chi connectivity index (χ1v) is 14.3. The molecule has 2 saturated carbocycles. The summed E-state index contributed by atoms with van der Waals surface area (Å²) in [5.41, 5.74) is -7.79. The molecule has 2 fully saturated rings. The standard InChI is InChI=1S/C31H42O12/c1-15-19(34)13-30(28(4,5)39)22(15)23(36)26(43-27(38)18-10-8-7-9-11-18)29(6)21(42-17(3)33)12-20(35)31(40,14-41-16(2)32)24(29)25(30)37/h7-11,19-21,23-26,34-37,39-40H,12-14H2,1-6H3. The van der Waals surface area contributed by atoms with E-state index in [1.54, 1.807) is 18.2 Å². The fourth-order valence-electron chi connectivity index (χ4n) is 7.90. The molecule has 12 nitrogen and oxygen atoms in total. The van der Waals surface area contributed by atoms with Crippen LogP contribution in [0.1, 0.15) is 64.7 Å². The summed E-state index contributed by atoms with van der Waals surface area (Å²) in [6.45, 7) is 7.08. The van der Waals surface area contributed by atoms with Gasteiger partial charge < -0.3 is 44.8 Å². The molecule has 0 aromatic heterocycles. The molecule has 0 radical (unpaired) electrons. The number of ether oxygens (including phenoxy) is 3. The molecule has 1 aromatic carbocycles. The van der Waals surface area contributed by atoms with Gasteiger partial charge in [-0.3, -0.25) is 9.59 Å². The van der Waals surface area contributed by atoms with Gasteiger partial charge in [0.05, 0.1) is 40.3 Å². The van der Waals surface area contributed by atoms with Crippen molar-refractivity contribution in [3.63, 3.8) is 0 Å². The summed E-state index contributed by atoms with van der Waals surface area (Å²) in [6.07, 6.45) is -10.5. The first kappa shape index (κ1) is 33.0. The van der Waals surface area contributed by atoms with Gasteiger partial charge in [-0.1, -0.05) is 25.1 Å². The van der Waals surface area contributed by atoms with E-state index >= 15 is 0 Å². The molecule has 10 unspecified atom stereocenters. The molecule has 4 rings (SSSR count). The predicted octanol–water partition coefficient (Wildman–Crippen LogP) is 0.399. The highest BCUT2D eigenvalue weighted by Crippen LogP contribution is 2.65. The van der Waals surface area contributed by atoms with E-state index in [1.807, 2.05) is 0 Å². The van der Waals surface area contributed by atoms with Crippen LogP contribution in [0, 0.1) is 16.7 Å². The summed E-state index contributed by atoms with van der Waals surface area (Å²) in [5, 5.41) is 71.1. The Balaban J connectivity index is 2.08. The second-order valence-electron chi connectivity index (χ2n) is 12.9. The largest absolute Gasteiger partial charge is 0.463 e. The van der Waals surface area contributed by atoms with Crippen molar-refractivity contribution >= 4 is 17.9 Å². The Morgan fingerprint density at radius 3 is 2.14 bits per heavy atom. The normalized spacial score (nSPS) is 39.3. The maximum atomic E-state index is 13.6. The van der Waals surface area contributed by atoms with Gasteiger partial charge in [-0.05, 0) is 50.5 Å². The first-order valence-electron chi connectivity index (χ1n) is 14.3. The number of aliphatic hydroxyl groups excluding tert-OH is 4. The Morgan fingerprint density at radius 2 is 1.60 bits per heavy atom. The van der Waals surface area contributed by atoms with Crippen molar-refractivity contribution in [2.24, 2.45) is 16.7 Å². The number of fused-ring (bicyclic) bond motifs is 2. The van der Waals surface area contributed by atoms with Gasteiger partial charge in [-0.2, -0.15) is 0 Å². The van der Waals surface area contributed by atoms with E-state index in [1.165, 1.54) is 39.8 Å². The van der Waals surface area contributed by atoms with Crippen LogP contribution in [0.3, 0.4) is 0 Å². The van der Waals surface area contributed by atoms with E-state index in [0.717, 1.165) is 13.8 Å². The maximum absolute atomic E-state index is 13.6. The van der Waals surface area contributed by atoms with E-state index in [9.17, 15) is 45.0 Å². The van der Waals surface area contributed by atoms with Crippen LogP contribution >= 0.6 is 0 Å². The average Bonchev–Trinajstić information content (AvgIpc) is 3.17. The second kappa shape index (κ2) is 11.2. The molecular formula is C31H42O12.